The van der Waals surface area contributed by atoms with Crippen molar-refractivity contribution in [1.29, 1.82) is 0 Å². The molecule has 12 heavy (non-hydrogen) atoms. The van der Waals surface area contributed by atoms with E-state index in [0.717, 1.165) is 25.9 Å². The third-order valence-corrected chi connectivity index (χ3v) is 2.47. The third-order valence-electron chi connectivity index (χ3n) is 2.24. The lowest BCUT2D eigenvalue weighted by Crippen LogP contribution is -2.41. The summed E-state index contributed by atoms with van der Waals surface area (Å²) in [6, 6.07) is 0. The molecule has 1 rings (SSSR count). The molecule has 1 heterocycles. The van der Waals surface area contributed by atoms with E-state index in [1.54, 1.807) is 12.0 Å². The number of hydrogen-bond acceptors (Lipinski definition) is 2. The number of ether oxygens (including phenoxy) is 1. The Kier molecular flexibility index (Phi) is 3.82. The molecule has 0 aromatic carbocycles. The summed E-state index contributed by atoms with van der Waals surface area (Å²) in [5.41, 5.74) is 0. The number of rotatable bonds is 2. The Morgan fingerprint density at radius 2 is 2.17 bits per heavy atom. The van der Waals surface area contributed by atoms with Crippen LogP contribution in [-0.2, 0) is 9.53 Å². The summed E-state index contributed by atoms with van der Waals surface area (Å²) >= 11 is 5.43. The first-order valence-electron chi connectivity index (χ1n) is 4.14. The number of alkyl halides is 1. The van der Waals surface area contributed by atoms with Crippen LogP contribution in [0.15, 0.2) is 0 Å². The highest BCUT2D eigenvalue weighted by molar-refractivity contribution is 6.27. The van der Waals surface area contributed by atoms with Gasteiger partial charge in [0.1, 0.15) is 5.88 Å². The molecule has 0 saturated carbocycles. The standard InChI is InChI=1S/C8H14ClNO2/c1-12-7-2-4-10(5-3-7)8(11)6-9/h7H,2-6H2,1H3. The SMILES string of the molecule is COC1CCN(C(=O)CCl)CC1. The summed E-state index contributed by atoms with van der Waals surface area (Å²) < 4.78 is 5.18. The number of hydrogen-bond donors (Lipinski definition) is 0. The zero-order valence-electron chi connectivity index (χ0n) is 7.25. The first-order chi connectivity index (χ1) is 5.77. The van der Waals surface area contributed by atoms with E-state index in [-0.39, 0.29) is 11.8 Å². The third kappa shape index (κ3) is 2.35. The second-order valence-corrected chi connectivity index (χ2v) is 3.22. The van der Waals surface area contributed by atoms with Gasteiger partial charge >= 0.3 is 0 Å². The second-order valence-electron chi connectivity index (χ2n) is 2.95. The van der Waals surface area contributed by atoms with Crippen LogP contribution in [0.3, 0.4) is 0 Å². The molecule has 1 saturated heterocycles. The molecular weight excluding hydrogens is 178 g/mol. The highest BCUT2D eigenvalue weighted by Crippen LogP contribution is 2.12. The Balaban J connectivity index is 2.30. The van der Waals surface area contributed by atoms with Crippen molar-refractivity contribution in [3.63, 3.8) is 0 Å². The lowest BCUT2D eigenvalue weighted by atomic mass is 10.1. The summed E-state index contributed by atoms with van der Waals surface area (Å²) in [7, 11) is 1.71. The fourth-order valence-electron chi connectivity index (χ4n) is 1.43. The molecule has 0 bridgehead atoms. The van der Waals surface area contributed by atoms with E-state index in [2.05, 4.69) is 0 Å². The molecule has 4 heteroatoms. The summed E-state index contributed by atoms with van der Waals surface area (Å²) in [6.45, 7) is 1.56. The molecule has 0 aromatic rings. The summed E-state index contributed by atoms with van der Waals surface area (Å²) in [5.74, 6) is 0.128. The quantitative estimate of drug-likeness (QED) is 0.606. The van der Waals surface area contributed by atoms with E-state index in [0.29, 0.717) is 6.10 Å². The molecule has 0 aromatic heterocycles. The van der Waals surface area contributed by atoms with Crippen LogP contribution in [0.4, 0.5) is 0 Å². The van der Waals surface area contributed by atoms with E-state index in [9.17, 15) is 4.79 Å². The van der Waals surface area contributed by atoms with Gasteiger partial charge in [-0.05, 0) is 12.8 Å². The lowest BCUT2D eigenvalue weighted by molar-refractivity contribution is -0.130. The van der Waals surface area contributed by atoms with Crippen molar-refractivity contribution < 1.29 is 9.53 Å². The van der Waals surface area contributed by atoms with Crippen LogP contribution in [0.5, 0.6) is 0 Å². The van der Waals surface area contributed by atoms with Gasteiger partial charge in [-0.25, -0.2) is 0 Å². The number of piperidine rings is 1. The highest BCUT2D eigenvalue weighted by Gasteiger charge is 2.21. The molecule has 0 aliphatic carbocycles. The highest BCUT2D eigenvalue weighted by atomic mass is 35.5. The van der Waals surface area contributed by atoms with Gasteiger partial charge in [-0.15, -0.1) is 11.6 Å². The minimum atomic E-state index is 0.0335. The molecule has 0 unspecified atom stereocenters. The van der Waals surface area contributed by atoms with E-state index < -0.39 is 0 Å². The van der Waals surface area contributed by atoms with E-state index in [1.807, 2.05) is 0 Å². The molecule has 1 aliphatic heterocycles. The van der Waals surface area contributed by atoms with Crippen LogP contribution in [0.25, 0.3) is 0 Å². The van der Waals surface area contributed by atoms with Gasteiger partial charge in [0.25, 0.3) is 0 Å². The van der Waals surface area contributed by atoms with Crippen LogP contribution < -0.4 is 0 Å². The number of methoxy groups -OCH3 is 1. The zero-order valence-corrected chi connectivity index (χ0v) is 8.01. The molecule has 1 aliphatic rings. The minimum absolute atomic E-state index is 0.0335. The van der Waals surface area contributed by atoms with Crippen LogP contribution in [0, 0.1) is 0 Å². The molecule has 1 fully saturated rings. The van der Waals surface area contributed by atoms with Gasteiger partial charge in [0.15, 0.2) is 0 Å². The lowest BCUT2D eigenvalue weighted by Gasteiger charge is -2.30. The first kappa shape index (κ1) is 9.81. The molecule has 1 amide bonds. The van der Waals surface area contributed by atoms with Crippen LogP contribution in [0.1, 0.15) is 12.8 Å². The minimum Gasteiger partial charge on any atom is -0.381 e. The van der Waals surface area contributed by atoms with Crippen LogP contribution >= 0.6 is 11.6 Å². The van der Waals surface area contributed by atoms with Crippen molar-refractivity contribution in [2.24, 2.45) is 0 Å². The van der Waals surface area contributed by atoms with Crippen LogP contribution in [-0.4, -0.2) is 43.0 Å². The van der Waals surface area contributed by atoms with Crippen molar-refractivity contribution in [2.75, 3.05) is 26.1 Å². The Morgan fingerprint density at radius 3 is 2.58 bits per heavy atom. The number of likely N-dealkylation sites (tertiary alicyclic amines) is 1. The average Bonchev–Trinajstić information content (AvgIpc) is 2.17. The monoisotopic (exact) mass is 191 g/mol. The smallest absolute Gasteiger partial charge is 0.237 e. The summed E-state index contributed by atoms with van der Waals surface area (Å²) in [6.07, 6.45) is 2.18. The van der Waals surface area contributed by atoms with Crippen molar-refractivity contribution >= 4 is 17.5 Å². The van der Waals surface area contributed by atoms with Gasteiger partial charge in [-0.2, -0.15) is 0 Å². The largest absolute Gasteiger partial charge is 0.381 e. The molecule has 3 nitrogen and oxygen atoms in total. The van der Waals surface area contributed by atoms with Crippen molar-refractivity contribution in [2.45, 2.75) is 18.9 Å². The maximum absolute atomic E-state index is 11.1. The Hall–Kier alpha value is -0.280. The number of nitrogens with zero attached hydrogens (tertiary/aromatic N) is 1. The molecule has 0 atom stereocenters. The van der Waals surface area contributed by atoms with Gasteiger partial charge < -0.3 is 9.64 Å². The predicted molar refractivity (Wildman–Crippen MR) is 47.3 cm³/mol. The number of carbonyl (C=O) groups is 1. The zero-order chi connectivity index (χ0) is 8.97. The van der Waals surface area contributed by atoms with Crippen LogP contribution in [0.2, 0.25) is 0 Å². The predicted octanol–water partition coefficient (Wildman–Crippen LogP) is 0.863. The van der Waals surface area contributed by atoms with Crippen molar-refractivity contribution in [3.8, 4) is 0 Å². The fraction of sp³-hybridized carbons (Fsp3) is 0.875. The second kappa shape index (κ2) is 4.67. The summed E-state index contributed by atoms with van der Waals surface area (Å²) in [5, 5.41) is 0. The molecule has 0 radical (unpaired) electrons. The first-order valence-corrected chi connectivity index (χ1v) is 4.68. The Bertz CT molecular complexity index is 155. The van der Waals surface area contributed by atoms with Crippen molar-refractivity contribution in [1.82, 2.24) is 4.90 Å². The van der Waals surface area contributed by atoms with Crippen molar-refractivity contribution in [3.05, 3.63) is 0 Å². The number of halogens is 1. The topological polar surface area (TPSA) is 29.5 Å². The maximum Gasteiger partial charge on any atom is 0.237 e. The van der Waals surface area contributed by atoms with Gasteiger partial charge in [-0.3, -0.25) is 4.79 Å². The maximum atomic E-state index is 11.1. The van der Waals surface area contributed by atoms with Gasteiger partial charge in [-0.1, -0.05) is 0 Å². The molecule has 70 valence electrons. The normalized spacial score (nSPS) is 19.7. The van der Waals surface area contributed by atoms with E-state index in [4.69, 9.17) is 16.3 Å². The molecule has 0 spiro atoms. The Morgan fingerprint density at radius 1 is 1.58 bits per heavy atom. The van der Waals surface area contributed by atoms with Gasteiger partial charge in [0.2, 0.25) is 5.91 Å². The fourth-order valence-corrected chi connectivity index (χ4v) is 1.59. The number of amides is 1. The number of carbonyl (C=O) groups excluding carboxylic acids is 1. The van der Waals surface area contributed by atoms with E-state index >= 15 is 0 Å². The molecular formula is C8H14ClNO2. The Labute approximate surface area is 77.6 Å². The van der Waals surface area contributed by atoms with E-state index in [1.165, 1.54) is 0 Å². The van der Waals surface area contributed by atoms with Gasteiger partial charge in [0, 0.05) is 20.2 Å². The average molecular weight is 192 g/mol. The van der Waals surface area contributed by atoms with Gasteiger partial charge in [0.05, 0.1) is 6.10 Å². The summed E-state index contributed by atoms with van der Waals surface area (Å²) in [4.78, 5) is 12.9. The molecule has 0 N–H and O–H groups in total.